The molecule has 0 saturated carbocycles. The summed E-state index contributed by atoms with van der Waals surface area (Å²) >= 11 is 0. The van der Waals surface area contributed by atoms with E-state index in [4.69, 9.17) is 24.1 Å². The van der Waals surface area contributed by atoms with Crippen molar-refractivity contribution in [3.63, 3.8) is 0 Å². The Morgan fingerprint density at radius 2 is 1.40 bits per heavy atom. The lowest BCUT2D eigenvalue weighted by Gasteiger charge is -2.06. The van der Waals surface area contributed by atoms with Crippen LogP contribution >= 0.6 is 0 Å². The molecule has 0 spiro atoms. The van der Waals surface area contributed by atoms with Gasteiger partial charge in [-0.05, 0) is 12.8 Å². The number of carbonyl (C=O) groups is 2. The second-order valence-electron chi connectivity index (χ2n) is 4.04. The van der Waals surface area contributed by atoms with Crippen LogP contribution in [0.5, 0.6) is 0 Å². The molecular weight excluding hydrogens is 268 g/mol. The highest BCUT2D eigenvalue weighted by molar-refractivity contribution is 5.69. The van der Waals surface area contributed by atoms with E-state index >= 15 is 0 Å². The van der Waals surface area contributed by atoms with E-state index in [9.17, 15) is 9.59 Å². The van der Waals surface area contributed by atoms with E-state index in [1.807, 2.05) is 0 Å². The number of hydrogen-bond donors (Lipinski definition) is 1. The third-order valence-corrected chi connectivity index (χ3v) is 2.32. The molecule has 0 radical (unpaired) electrons. The molecule has 1 N–H and O–H groups in total. The minimum Gasteiger partial charge on any atom is -0.481 e. The summed E-state index contributed by atoms with van der Waals surface area (Å²) in [5, 5.41) is 8.42. The van der Waals surface area contributed by atoms with Crippen molar-refractivity contribution < 1.29 is 33.6 Å². The number of carboxylic acid groups (broad SMARTS) is 1. The molecule has 0 atom stereocenters. The quantitative estimate of drug-likeness (QED) is 0.375. The number of aliphatic carboxylic acids is 1. The molecule has 0 aliphatic rings. The van der Waals surface area contributed by atoms with Crippen LogP contribution in [-0.2, 0) is 28.5 Å². The van der Waals surface area contributed by atoms with Gasteiger partial charge in [0.25, 0.3) is 0 Å². The molecule has 0 aliphatic carbocycles. The van der Waals surface area contributed by atoms with Crippen LogP contribution in [0.2, 0.25) is 0 Å². The zero-order valence-electron chi connectivity index (χ0n) is 12.0. The van der Waals surface area contributed by atoms with Crippen LogP contribution in [0.1, 0.15) is 25.7 Å². The van der Waals surface area contributed by atoms with Crippen LogP contribution in [0.25, 0.3) is 0 Å². The fraction of sp³-hybridized carbons (Fsp3) is 0.846. The summed E-state index contributed by atoms with van der Waals surface area (Å²) in [6, 6.07) is 0. The Hall–Kier alpha value is -1.18. The first-order valence-corrected chi connectivity index (χ1v) is 6.68. The van der Waals surface area contributed by atoms with E-state index in [0.29, 0.717) is 45.9 Å². The Bertz CT molecular complexity index is 255. The molecule has 0 aromatic heterocycles. The highest BCUT2D eigenvalue weighted by Crippen LogP contribution is 2.01. The van der Waals surface area contributed by atoms with Crippen LogP contribution in [0.3, 0.4) is 0 Å². The average molecular weight is 292 g/mol. The average Bonchev–Trinajstić information content (AvgIpc) is 2.41. The van der Waals surface area contributed by atoms with Crippen LogP contribution in [0, 0.1) is 0 Å². The fourth-order valence-electron chi connectivity index (χ4n) is 1.30. The first-order valence-electron chi connectivity index (χ1n) is 6.68. The zero-order valence-corrected chi connectivity index (χ0v) is 12.0. The number of esters is 1. The number of ether oxygens (including phenoxy) is 4. The van der Waals surface area contributed by atoms with Gasteiger partial charge >= 0.3 is 11.9 Å². The molecule has 0 saturated heterocycles. The molecular formula is C13H24O7. The Morgan fingerprint density at radius 3 is 2.00 bits per heavy atom. The SMILES string of the molecule is COCCOCCOCCOC(=O)CCCCC(=O)O. The van der Waals surface area contributed by atoms with E-state index in [-0.39, 0.29) is 25.4 Å². The zero-order chi connectivity index (χ0) is 15.1. The van der Waals surface area contributed by atoms with Crippen LogP contribution in [0.4, 0.5) is 0 Å². The summed E-state index contributed by atoms with van der Waals surface area (Å²) in [6.07, 6.45) is 1.34. The summed E-state index contributed by atoms with van der Waals surface area (Å²) in [5.74, 6) is -1.17. The Balaban J connectivity index is 3.17. The smallest absolute Gasteiger partial charge is 0.305 e. The molecule has 0 bridgehead atoms. The summed E-state index contributed by atoms with van der Waals surface area (Å²) in [6.45, 7) is 2.54. The van der Waals surface area contributed by atoms with E-state index in [1.165, 1.54) is 0 Å². The van der Waals surface area contributed by atoms with Gasteiger partial charge in [-0.3, -0.25) is 9.59 Å². The maximum absolute atomic E-state index is 11.2. The summed E-state index contributed by atoms with van der Waals surface area (Å²) in [7, 11) is 1.61. The molecule has 0 heterocycles. The van der Waals surface area contributed by atoms with E-state index in [1.54, 1.807) is 7.11 Å². The van der Waals surface area contributed by atoms with Crippen molar-refractivity contribution in [2.45, 2.75) is 25.7 Å². The molecule has 0 amide bonds. The summed E-state index contributed by atoms with van der Waals surface area (Å²) in [4.78, 5) is 21.5. The van der Waals surface area contributed by atoms with Gasteiger partial charge in [0.1, 0.15) is 6.61 Å². The predicted octanol–water partition coefficient (Wildman–Crippen LogP) is 0.854. The van der Waals surface area contributed by atoms with E-state index in [2.05, 4.69) is 0 Å². The molecule has 7 heteroatoms. The lowest BCUT2D eigenvalue weighted by Crippen LogP contribution is -2.13. The Labute approximate surface area is 119 Å². The Morgan fingerprint density at radius 1 is 0.850 bits per heavy atom. The number of carboxylic acids is 1. The number of rotatable bonds is 14. The van der Waals surface area contributed by atoms with Crippen LogP contribution in [-0.4, -0.2) is 63.8 Å². The number of unbranched alkanes of at least 4 members (excludes halogenated alkanes) is 1. The second-order valence-corrected chi connectivity index (χ2v) is 4.04. The third-order valence-electron chi connectivity index (χ3n) is 2.32. The van der Waals surface area contributed by atoms with Crippen molar-refractivity contribution in [3.05, 3.63) is 0 Å². The molecule has 0 aromatic rings. The van der Waals surface area contributed by atoms with Crippen molar-refractivity contribution in [1.82, 2.24) is 0 Å². The van der Waals surface area contributed by atoms with Gasteiger partial charge in [0, 0.05) is 20.0 Å². The highest BCUT2D eigenvalue weighted by atomic mass is 16.6. The molecule has 0 fully saturated rings. The second kappa shape index (κ2) is 14.2. The summed E-state index contributed by atoms with van der Waals surface area (Å²) in [5.41, 5.74) is 0. The molecule has 0 unspecified atom stereocenters. The normalized spacial score (nSPS) is 10.4. The highest BCUT2D eigenvalue weighted by Gasteiger charge is 2.03. The van der Waals surface area contributed by atoms with Gasteiger partial charge in [0.15, 0.2) is 0 Å². The van der Waals surface area contributed by atoms with Gasteiger partial charge < -0.3 is 24.1 Å². The predicted molar refractivity (Wildman–Crippen MR) is 70.6 cm³/mol. The molecule has 20 heavy (non-hydrogen) atoms. The van der Waals surface area contributed by atoms with Gasteiger partial charge in [0.05, 0.1) is 33.0 Å². The van der Waals surface area contributed by atoms with E-state index in [0.717, 1.165) is 0 Å². The number of hydrogen-bond acceptors (Lipinski definition) is 6. The monoisotopic (exact) mass is 292 g/mol. The molecule has 0 aromatic carbocycles. The number of carbonyl (C=O) groups excluding carboxylic acids is 1. The molecule has 118 valence electrons. The van der Waals surface area contributed by atoms with Crippen molar-refractivity contribution in [2.24, 2.45) is 0 Å². The van der Waals surface area contributed by atoms with Crippen molar-refractivity contribution in [3.8, 4) is 0 Å². The fourth-order valence-corrected chi connectivity index (χ4v) is 1.30. The third kappa shape index (κ3) is 14.9. The topological polar surface area (TPSA) is 91.3 Å². The van der Waals surface area contributed by atoms with Crippen molar-refractivity contribution in [2.75, 3.05) is 46.8 Å². The van der Waals surface area contributed by atoms with Gasteiger partial charge in [-0.2, -0.15) is 0 Å². The standard InChI is InChI=1S/C13H24O7/c1-17-6-7-18-8-9-19-10-11-20-13(16)5-3-2-4-12(14)15/h2-11H2,1H3,(H,14,15). The van der Waals surface area contributed by atoms with Gasteiger partial charge in [-0.15, -0.1) is 0 Å². The van der Waals surface area contributed by atoms with Crippen LogP contribution in [0.15, 0.2) is 0 Å². The minimum atomic E-state index is -0.848. The molecule has 7 nitrogen and oxygen atoms in total. The van der Waals surface area contributed by atoms with Crippen LogP contribution < -0.4 is 0 Å². The van der Waals surface area contributed by atoms with Crippen molar-refractivity contribution in [1.29, 1.82) is 0 Å². The minimum absolute atomic E-state index is 0.0828. The molecule has 0 aliphatic heterocycles. The van der Waals surface area contributed by atoms with Gasteiger partial charge in [0.2, 0.25) is 0 Å². The van der Waals surface area contributed by atoms with Gasteiger partial charge in [-0.25, -0.2) is 0 Å². The largest absolute Gasteiger partial charge is 0.481 e. The molecule has 0 rings (SSSR count). The maximum atomic E-state index is 11.2. The lowest BCUT2D eigenvalue weighted by atomic mass is 10.2. The first kappa shape index (κ1) is 18.8. The summed E-state index contributed by atoms with van der Waals surface area (Å²) < 4.78 is 20.1. The first-order chi connectivity index (χ1) is 9.66. The van der Waals surface area contributed by atoms with E-state index < -0.39 is 5.97 Å². The van der Waals surface area contributed by atoms with Gasteiger partial charge in [-0.1, -0.05) is 0 Å². The number of methoxy groups -OCH3 is 1. The maximum Gasteiger partial charge on any atom is 0.305 e. The Kier molecular flexibility index (Phi) is 13.4. The lowest BCUT2D eigenvalue weighted by molar-refractivity contribution is -0.146. The van der Waals surface area contributed by atoms with Crippen molar-refractivity contribution >= 4 is 11.9 Å².